The first-order valence-corrected chi connectivity index (χ1v) is 6.36. The zero-order chi connectivity index (χ0) is 11.1. The van der Waals surface area contributed by atoms with Crippen LogP contribution in [0.3, 0.4) is 0 Å². The van der Waals surface area contributed by atoms with Crippen molar-refractivity contribution in [3.63, 3.8) is 0 Å². The van der Waals surface area contributed by atoms with Crippen molar-refractivity contribution in [3.05, 3.63) is 23.3 Å². The van der Waals surface area contributed by atoms with Gasteiger partial charge in [0.25, 0.3) is 0 Å². The predicted octanol–water partition coefficient (Wildman–Crippen LogP) is 4.73. The molecule has 0 spiro atoms. The van der Waals surface area contributed by atoms with E-state index in [0.29, 0.717) is 5.41 Å². The molecule has 0 aromatic carbocycles. The van der Waals surface area contributed by atoms with Gasteiger partial charge in [0.05, 0.1) is 0 Å². The molecule has 0 fully saturated rings. The fourth-order valence-electron chi connectivity index (χ4n) is 3.41. The second-order valence-electron chi connectivity index (χ2n) is 5.94. The number of allylic oxidation sites excluding steroid dienone is 4. The Morgan fingerprint density at radius 2 is 2.00 bits per heavy atom. The zero-order valence-electron chi connectivity index (χ0n) is 10.6. The van der Waals surface area contributed by atoms with Crippen molar-refractivity contribution >= 4 is 0 Å². The van der Waals surface area contributed by atoms with Crippen LogP contribution >= 0.6 is 0 Å². The minimum atomic E-state index is 0.524. The summed E-state index contributed by atoms with van der Waals surface area (Å²) >= 11 is 0. The summed E-state index contributed by atoms with van der Waals surface area (Å²) in [6.45, 7) is 9.58. The second-order valence-corrected chi connectivity index (χ2v) is 5.94. The van der Waals surface area contributed by atoms with Gasteiger partial charge in [-0.15, -0.1) is 0 Å². The lowest BCUT2D eigenvalue weighted by molar-refractivity contribution is 0.114. The molecule has 0 saturated carbocycles. The molecule has 2 rings (SSSR count). The van der Waals surface area contributed by atoms with Gasteiger partial charge in [-0.3, -0.25) is 0 Å². The first kappa shape index (κ1) is 11.0. The van der Waals surface area contributed by atoms with Gasteiger partial charge in [0.2, 0.25) is 0 Å². The van der Waals surface area contributed by atoms with Gasteiger partial charge < -0.3 is 0 Å². The van der Waals surface area contributed by atoms with Gasteiger partial charge in [-0.1, -0.05) is 37.1 Å². The van der Waals surface area contributed by atoms with Gasteiger partial charge in [0.15, 0.2) is 0 Å². The zero-order valence-corrected chi connectivity index (χ0v) is 10.6. The molecular formula is C15H24. The summed E-state index contributed by atoms with van der Waals surface area (Å²) in [5.74, 6) is 1.67. The van der Waals surface area contributed by atoms with Gasteiger partial charge in [-0.25, -0.2) is 0 Å². The van der Waals surface area contributed by atoms with E-state index in [2.05, 4.69) is 39.8 Å². The fraction of sp³-hybridized carbons (Fsp3) is 0.733. The van der Waals surface area contributed by atoms with Crippen LogP contribution in [-0.4, -0.2) is 0 Å². The molecule has 2 aliphatic carbocycles. The molecule has 3 unspecified atom stereocenters. The Hall–Kier alpha value is -0.520. The normalized spacial score (nSPS) is 41.3. The average molecular weight is 204 g/mol. The van der Waals surface area contributed by atoms with E-state index in [1.807, 2.05) is 0 Å². The van der Waals surface area contributed by atoms with Crippen LogP contribution in [0, 0.1) is 17.3 Å². The smallest absolute Gasteiger partial charge is 0.0143 e. The van der Waals surface area contributed by atoms with Crippen molar-refractivity contribution in [3.8, 4) is 0 Å². The highest BCUT2D eigenvalue weighted by molar-refractivity contribution is 5.19. The quantitative estimate of drug-likeness (QED) is 0.501. The molecule has 2 aliphatic rings. The number of hydrogen-bond acceptors (Lipinski definition) is 0. The molecule has 0 bridgehead atoms. The van der Waals surface area contributed by atoms with Gasteiger partial charge >= 0.3 is 0 Å². The van der Waals surface area contributed by atoms with Crippen LogP contribution in [0.15, 0.2) is 23.3 Å². The third-order valence-corrected chi connectivity index (χ3v) is 4.98. The Labute approximate surface area is 94.5 Å². The standard InChI is InChI=1S/C15H24/c1-11-5-8-14-12(2)6-7-13(3)15(14,4)10-9-11/h6,9,13-14H,5,7-8,10H2,1-4H3. The maximum Gasteiger partial charge on any atom is -0.0143 e. The van der Waals surface area contributed by atoms with Crippen LogP contribution in [0.1, 0.15) is 53.4 Å². The summed E-state index contributed by atoms with van der Waals surface area (Å²) in [7, 11) is 0. The van der Waals surface area contributed by atoms with Crippen molar-refractivity contribution in [2.45, 2.75) is 53.4 Å². The number of rotatable bonds is 0. The van der Waals surface area contributed by atoms with Crippen LogP contribution in [-0.2, 0) is 0 Å². The Morgan fingerprint density at radius 1 is 1.27 bits per heavy atom. The molecule has 0 amide bonds. The largest absolute Gasteiger partial charge is 0.0850 e. The first-order valence-electron chi connectivity index (χ1n) is 6.36. The molecule has 0 aromatic heterocycles. The van der Waals surface area contributed by atoms with E-state index in [9.17, 15) is 0 Å². The van der Waals surface area contributed by atoms with E-state index in [-0.39, 0.29) is 0 Å². The Balaban J connectivity index is 2.34. The van der Waals surface area contributed by atoms with Gasteiger partial charge in [0, 0.05) is 0 Å². The summed E-state index contributed by atoms with van der Waals surface area (Å²) in [5.41, 5.74) is 3.78. The summed E-state index contributed by atoms with van der Waals surface area (Å²) in [4.78, 5) is 0. The lowest BCUT2D eigenvalue weighted by atomic mass is 9.60. The van der Waals surface area contributed by atoms with Crippen molar-refractivity contribution in [1.82, 2.24) is 0 Å². The van der Waals surface area contributed by atoms with E-state index < -0.39 is 0 Å². The Bertz CT molecular complexity index is 308. The van der Waals surface area contributed by atoms with E-state index in [4.69, 9.17) is 0 Å². The molecule has 84 valence electrons. The minimum Gasteiger partial charge on any atom is -0.0850 e. The lowest BCUT2D eigenvalue weighted by Crippen LogP contribution is -2.36. The molecule has 3 atom stereocenters. The molecular weight excluding hydrogens is 180 g/mol. The number of hydrogen-bond donors (Lipinski definition) is 0. The molecule has 0 radical (unpaired) electrons. The third-order valence-electron chi connectivity index (χ3n) is 4.98. The SMILES string of the molecule is CC1=CCC2(C)C(C)CC=C(C)C2CC1. The number of fused-ring (bicyclic) bond motifs is 1. The molecule has 0 heteroatoms. The summed E-state index contributed by atoms with van der Waals surface area (Å²) in [6.07, 6.45) is 10.2. The molecule has 0 aromatic rings. The maximum absolute atomic E-state index is 2.51. The fourth-order valence-corrected chi connectivity index (χ4v) is 3.41. The highest BCUT2D eigenvalue weighted by Gasteiger charge is 2.41. The second kappa shape index (κ2) is 3.81. The highest BCUT2D eigenvalue weighted by atomic mass is 14.5. The molecule has 0 saturated heterocycles. The third kappa shape index (κ3) is 1.79. The van der Waals surface area contributed by atoms with Crippen LogP contribution in [0.25, 0.3) is 0 Å². The predicted molar refractivity (Wildman–Crippen MR) is 66.7 cm³/mol. The van der Waals surface area contributed by atoms with Crippen LogP contribution in [0.5, 0.6) is 0 Å². The topological polar surface area (TPSA) is 0 Å². The average Bonchev–Trinajstić information content (AvgIpc) is 2.35. The molecule has 0 nitrogen and oxygen atoms in total. The molecule has 15 heavy (non-hydrogen) atoms. The Morgan fingerprint density at radius 3 is 2.73 bits per heavy atom. The first-order chi connectivity index (χ1) is 7.04. The summed E-state index contributed by atoms with van der Waals surface area (Å²) in [6, 6.07) is 0. The highest BCUT2D eigenvalue weighted by Crippen LogP contribution is 2.51. The summed E-state index contributed by atoms with van der Waals surface area (Å²) < 4.78 is 0. The van der Waals surface area contributed by atoms with E-state index in [0.717, 1.165) is 11.8 Å². The van der Waals surface area contributed by atoms with Crippen molar-refractivity contribution < 1.29 is 0 Å². The van der Waals surface area contributed by atoms with Crippen molar-refractivity contribution in [1.29, 1.82) is 0 Å². The minimum absolute atomic E-state index is 0.524. The van der Waals surface area contributed by atoms with E-state index in [1.54, 1.807) is 11.1 Å². The van der Waals surface area contributed by atoms with Gasteiger partial charge in [-0.05, 0) is 56.8 Å². The lowest BCUT2D eigenvalue weighted by Gasteiger charge is -2.45. The summed E-state index contributed by atoms with van der Waals surface area (Å²) in [5, 5.41) is 0. The van der Waals surface area contributed by atoms with Crippen molar-refractivity contribution in [2.24, 2.45) is 17.3 Å². The van der Waals surface area contributed by atoms with Crippen LogP contribution < -0.4 is 0 Å². The molecule has 0 heterocycles. The van der Waals surface area contributed by atoms with Gasteiger partial charge in [-0.2, -0.15) is 0 Å². The maximum atomic E-state index is 2.51. The Kier molecular flexibility index (Phi) is 2.79. The van der Waals surface area contributed by atoms with E-state index >= 15 is 0 Å². The van der Waals surface area contributed by atoms with E-state index in [1.165, 1.54) is 25.7 Å². The molecule has 0 N–H and O–H groups in total. The van der Waals surface area contributed by atoms with Gasteiger partial charge in [0.1, 0.15) is 0 Å². The molecule has 0 aliphatic heterocycles. The van der Waals surface area contributed by atoms with Crippen molar-refractivity contribution in [2.75, 3.05) is 0 Å². The monoisotopic (exact) mass is 204 g/mol. The van der Waals surface area contributed by atoms with Crippen LogP contribution in [0.4, 0.5) is 0 Å². The van der Waals surface area contributed by atoms with Crippen LogP contribution in [0.2, 0.25) is 0 Å².